The maximum Gasteiger partial charge on any atom is 0.340 e. The van der Waals surface area contributed by atoms with E-state index in [1.54, 1.807) is 24.5 Å². The van der Waals surface area contributed by atoms with Crippen molar-refractivity contribution < 1.29 is 18.5 Å². The van der Waals surface area contributed by atoms with Crippen molar-refractivity contribution in [2.24, 2.45) is 5.73 Å². The Kier molecular flexibility index (Phi) is 7.85. The lowest BCUT2D eigenvalue weighted by atomic mass is 9.79. The van der Waals surface area contributed by atoms with Gasteiger partial charge in [-0.05, 0) is 70.2 Å². The molecule has 1 aliphatic heterocycles. The molecule has 0 bridgehead atoms. The van der Waals surface area contributed by atoms with Crippen molar-refractivity contribution in [1.82, 2.24) is 15.0 Å². The molecule has 0 aliphatic carbocycles. The molecule has 0 unspecified atom stereocenters. The van der Waals surface area contributed by atoms with Gasteiger partial charge < -0.3 is 20.5 Å². The number of nitrogens with zero attached hydrogens (tertiary/aromatic N) is 3. The third-order valence-corrected chi connectivity index (χ3v) is 10.8. The van der Waals surface area contributed by atoms with Gasteiger partial charge in [-0.2, -0.15) is 0 Å². The maximum atomic E-state index is 12.5. The average molecular weight is 583 g/mol. The molecular weight excluding hydrogens is 540 g/mol. The van der Waals surface area contributed by atoms with Gasteiger partial charge in [0.25, 0.3) is 0 Å². The van der Waals surface area contributed by atoms with Crippen molar-refractivity contribution in [3.63, 3.8) is 0 Å². The number of rotatable bonds is 9. The molecule has 222 valence electrons. The van der Waals surface area contributed by atoms with Crippen molar-refractivity contribution >= 4 is 38.1 Å². The first-order valence-corrected chi connectivity index (χ1v) is 15.8. The van der Waals surface area contributed by atoms with Gasteiger partial charge in [0, 0.05) is 45.8 Å². The average Bonchev–Trinajstić information content (AvgIpc) is 2.86. The summed E-state index contributed by atoms with van der Waals surface area (Å²) in [6.07, 6.45) is 5.34. The molecule has 3 aromatic rings. The molecule has 0 fully saturated rings. The summed E-state index contributed by atoms with van der Waals surface area (Å²) in [5.74, 6) is 1.13. The molecular formula is C30H42N6O4S. The van der Waals surface area contributed by atoms with Crippen LogP contribution in [0.2, 0.25) is 0 Å². The van der Waals surface area contributed by atoms with Gasteiger partial charge in [-0.15, -0.1) is 0 Å². The summed E-state index contributed by atoms with van der Waals surface area (Å²) in [7, 11) is -2.79. The minimum Gasteiger partial charge on any atom is -0.474 e. The van der Waals surface area contributed by atoms with Crippen LogP contribution >= 0.6 is 0 Å². The van der Waals surface area contributed by atoms with Gasteiger partial charge in [0.15, 0.2) is 0 Å². The fourth-order valence-electron chi connectivity index (χ4n) is 4.88. The number of esters is 1. The van der Waals surface area contributed by atoms with E-state index in [1.165, 1.54) is 6.26 Å². The summed E-state index contributed by atoms with van der Waals surface area (Å²) in [6, 6.07) is 5.37. The van der Waals surface area contributed by atoms with E-state index in [9.17, 15) is 9.00 Å². The molecule has 4 heterocycles. The standard InChI is InChI=1S/C30H42N6O4S/c1-10-30(8,31)22-16-34-26(39-17(2)14-28(4,5)41(9,32)38)21-15-33-24(13-20(21)22)35-23-12-11-19-25(36-23)29(6,7)18(3)40-27(19)37/h11-13,15-18,32H,10,14,31H2,1-9H3,(H,33,35,36)/t17-,18+,30+,41+/m0/s1. The van der Waals surface area contributed by atoms with Crippen LogP contribution < -0.4 is 15.8 Å². The molecule has 11 heteroatoms. The van der Waals surface area contributed by atoms with Crippen molar-refractivity contribution in [1.29, 1.82) is 4.78 Å². The monoisotopic (exact) mass is 582 g/mol. The first-order valence-electron chi connectivity index (χ1n) is 13.8. The Labute approximate surface area is 242 Å². The highest BCUT2D eigenvalue weighted by Crippen LogP contribution is 2.38. The molecule has 41 heavy (non-hydrogen) atoms. The Morgan fingerprint density at radius 3 is 2.51 bits per heavy atom. The van der Waals surface area contributed by atoms with Crippen LogP contribution in [0.3, 0.4) is 0 Å². The Morgan fingerprint density at radius 2 is 1.88 bits per heavy atom. The van der Waals surface area contributed by atoms with Gasteiger partial charge in [-0.3, -0.25) is 4.78 Å². The molecule has 0 amide bonds. The summed E-state index contributed by atoms with van der Waals surface area (Å²) < 4.78 is 31.5. The number of ether oxygens (including phenoxy) is 2. The maximum absolute atomic E-state index is 12.5. The quantitative estimate of drug-likeness (QED) is 0.266. The first-order chi connectivity index (χ1) is 18.9. The van der Waals surface area contributed by atoms with E-state index in [0.29, 0.717) is 47.0 Å². The summed E-state index contributed by atoms with van der Waals surface area (Å²) >= 11 is 0. The minimum atomic E-state index is -2.79. The predicted molar refractivity (Wildman–Crippen MR) is 162 cm³/mol. The van der Waals surface area contributed by atoms with E-state index >= 15 is 0 Å². The molecule has 0 aromatic carbocycles. The highest BCUT2D eigenvalue weighted by molar-refractivity contribution is 7.93. The molecule has 4 rings (SSSR count). The normalized spacial score (nSPS) is 20.3. The largest absolute Gasteiger partial charge is 0.474 e. The molecule has 1 aliphatic rings. The summed E-state index contributed by atoms with van der Waals surface area (Å²) in [6.45, 7) is 15.4. The van der Waals surface area contributed by atoms with Gasteiger partial charge in [-0.1, -0.05) is 20.8 Å². The molecule has 0 saturated heterocycles. The second-order valence-electron chi connectivity index (χ2n) is 12.6. The van der Waals surface area contributed by atoms with Gasteiger partial charge in [0.2, 0.25) is 5.88 Å². The van der Waals surface area contributed by atoms with Gasteiger partial charge in [0.05, 0.1) is 27.5 Å². The minimum absolute atomic E-state index is 0.313. The smallest absolute Gasteiger partial charge is 0.340 e. The first kappa shape index (κ1) is 30.6. The Balaban J connectivity index is 1.73. The number of fused-ring (bicyclic) bond motifs is 2. The van der Waals surface area contributed by atoms with E-state index in [1.807, 2.05) is 61.5 Å². The second-order valence-corrected chi connectivity index (χ2v) is 15.4. The molecule has 0 spiro atoms. The molecule has 4 atom stereocenters. The molecule has 10 nitrogen and oxygen atoms in total. The highest BCUT2D eigenvalue weighted by atomic mass is 32.2. The van der Waals surface area contributed by atoms with E-state index in [0.717, 1.165) is 10.9 Å². The molecule has 4 N–H and O–H groups in total. The van der Waals surface area contributed by atoms with E-state index in [2.05, 4.69) is 15.3 Å². The third kappa shape index (κ3) is 5.88. The molecule has 3 aromatic heterocycles. The van der Waals surface area contributed by atoms with Crippen LogP contribution in [0.1, 0.15) is 89.8 Å². The lowest BCUT2D eigenvalue weighted by molar-refractivity contribution is 0.00864. The van der Waals surface area contributed by atoms with Gasteiger partial charge in [-0.25, -0.2) is 24.0 Å². The number of nitrogens with two attached hydrogens (primary N) is 1. The number of hydrogen-bond acceptors (Lipinski definition) is 10. The predicted octanol–water partition coefficient (Wildman–Crippen LogP) is 5.80. The number of carbonyl (C=O) groups excluding carboxylic acids is 1. The topological polar surface area (TPSA) is 153 Å². The van der Waals surface area contributed by atoms with Crippen molar-refractivity contribution in [2.45, 2.75) is 96.1 Å². The van der Waals surface area contributed by atoms with Crippen LogP contribution in [-0.2, 0) is 25.4 Å². The van der Waals surface area contributed by atoms with E-state index in [4.69, 9.17) is 25.0 Å². The number of hydrogen-bond donors (Lipinski definition) is 3. The van der Waals surface area contributed by atoms with Crippen LogP contribution in [0, 0.1) is 4.78 Å². The molecule has 0 radical (unpaired) electrons. The Hall–Kier alpha value is -3.31. The lowest BCUT2D eigenvalue weighted by Crippen LogP contribution is -2.42. The number of carbonyl (C=O) groups is 1. The number of nitrogens with one attached hydrogen (secondary N) is 2. The zero-order valence-electron chi connectivity index (χ0n) is 25.4. The summed E-state index contributed by atoms with van der Waals surface area (Å²) in [4.78, 5) is 26.5. The number of aromatic nitrogens is 3. The fourth-order valence-corrected chi connectivity index (χ4v) is 5.43. The van der Waals surface area contributed by atoms with Crippen LogP contribution in [0.5, 0.6) is 5.88 Å². The fraction of sp³-hybridized carbons (Fsp3) is 0.533. The number of anilines is 2. The third-order valence-electron chi connectivity index (χ3n) is 8.51. The van der Waals surface area contributed by atoms with Crippen LogP contribution in [-0.4, -0.2) is 48.3 Å². The Morgan fingerprint density at radius 1 is 1.20 bits per heavy atom. The zero-order chi connectivity index (χ0) is 30.5. The summed E-state index contributed by atoms with van der Waals surface area (Å²) in [5, 5.41) is 4.82. The zero-order valence-corrected chi connectivity index (χ0v) is 26.2. The van der Waals surface area contributed by atoms with Crippen molar-refractivity contribution in [2.75, 3.05) is 11.6 Å². The summed E-state index contributed by atoms with van der Waals surface area (Å²) in [5.41, 5.74) is 7.56. The van der Waals surface area contributed by atoms with Gasteiger partial charge in [0.1, 0.15) is 17.7 Å². The highest BCUT2D eigenvalue weighted by Gasteiger charge is 2.41. The number of cyclic esters (lactones) is 1. The molecule has 0 saturated carbocycles. The van der Waals surface area contributed by atoms with Crippen LogP contribution in [0.4, 0.5) is 11.6 Å². The van der Waals surface area contributed by atoms with Crippen molar-refractivity contribution in [3.8, 4) is 5.88 Å². The van der Waals surface area contributed by atoms with E-state index in [-0.39, 0.29) is 18.2 Å². The van der Waals surface area contributed by atoms with Crippen molar-refractivity contribution in [3.05, 3.63) is 47.4 Å². The number of pyridine rings is 3. The lowest BCUT2D eigenvalue weighted by Gasteiger charge is -2.36. The SMILES string of the molecule is CC[C@@](C)(N)c1cnc(O[C@@H](C)CC(C)(C)[S@](C)(=N)=O)c2cnc(Nc3ccc4c(n3)C(C)(C)[C@@H](C)OC4=O)cc12. The van der Waals surface area contributed by atoms with Crippen LogP contribution in [0.15, 0.2) is 30.6 Å². The Bertz CT molecular complexity index is 1600. The van der Waals surface area contributed by atoms with Crippen LogP contribution in [0.25, 0.3) is 10.8 Å². The van der Waals surface area contributed by atoms with E-state index < -0.39 is 25.4 Å². The van der Waals surface area contributed by atoms with Gasteiger partial charge >= 0.3 is 5.97 Å². The second kappa shape index (κ2) is 10.5.